The van der Waals surface area contributed by atoms with Gasteiger partial charge in [-0.3, -0.25) is 0 Å². The van der Waals surface area contributed by atoms with E-state index in [4.69, 9.17) is 0 Å². The Morgan fingerprint density at radius 2 is 2.07 bits per heavy atom. The van der Waals surface area contributed by atoms with Gasteiger partial charge in [0.05, 0.1) is 16.5 Å². The van der Waals surface area contributed by atoms with Crippen molar-refractivity contribution in [3.63, 3.8) is 0 Å². The molecule has 0 aliphatic carbocycles. The second-order valence-corrected chi connectivity index (χ2v) is 3.21. The Hall–Kier alpha value is -0.381. The summed E-state index contributed by atoms with van der Waals surface area (Å²) in [7, 11) is 0. The zero-order valence-corrected chi connectivity index (χ0v) is 11.0. The molecule has 0 unspecified atom stereocenters. The van der Waals surface area contributed by atoms with Gasteiger partial charge in [-0.05, 0) is 25.0 Å². The molecule has 1 heterocycles. The smallest absolute Gasteiger partial charge is 0.132 e. The van der Waals surface area contributed by atoms with E-state index >= 15 is 0 Å². The number of halogens is 1. The van der Waals surface area contributed by atoms with E-state index in [0.29, 0.717) is 11.3 Å². The van der Waals surface area contributed by atoms with Gasteiger partial charge in [-0.2, -0.15) is 0 Å². The van der Waals surface area contributed by atoms with Crippen LogP contribution in [0.15, 0.2) is 6.07 Å². The standard InChI is InChI=1S/C9H10FNOS.Ir/c1-5-3-6(2)8(9(12)13)11-7(5)4-10;/h3H,4H2,1-2H3,(H,12,13);/p-1. The summed E-state index contributed by atoms with van der Waals surface area (Å²) in [5.74, 6) is 0. The van der Waals surface area contributed by atoms with Crippen LogP contribution in [0.3, 0.4) is 0 Å². The Morgan fingerprint density at radius 3 is 2.50 bits per heavy atom. The Kier molecular flexibility index (Phi) is 5.34. The maximum absolute atomic E-state index is 12.4. The number of hydrogen-bond donors (Lipinski definition) is 0. The fraction of sp³-hybridized carbons (Fsp3) is 0.333. The molecule has 1 radical (unpaired) electrons. The summed E-state index contributed by atoms with van der Waals surface area (Å²) in [5, 5.41) is -0.535. The molecule has 0 amide bonds. The summed E-state index contributed by atoms with van der Waals surface area (Å²) in [5.41, 5.74) is 1.93. The second-order valence-electron chi connectivity index (χ2n) is 2.84. The number of pyridine rings is 1. The average Bonchev–Trinajstić information content (AvgIpc) is 2.03. The maximum Gasteiger partial charge on any atom is 0.132 e. The van der Waals surface area contributed by atoms with Crippen LogP contribution in [0.1, 0.15) is 27.3 Å². The molecule has 0 spiro atoms. The molecule has 0 aliphatic heterocycles. The van der Waals surface area contributed by atoms with Crippen LogP contribution in [0.5, 0.6) is 0 Å². The number of alkyl halides is 1. The molecule has 1 rings (SSSR count). The van der Waals surface area contributed by atoms with Gasteiger partial charge in [0.2, 0.25) is 0 Å². The molecular weight excluding hydrogens is 381 g/mol. The maximum atomic E-state index is 12.4. The first-order valence-electron chi connectivity index (χ1n) is 3.80. The summed E-state index contributed by atoms with van der Waals surface area (Å²) in [6.45, 7) is 2.83. The Balaban J connectivity index is 0.00000169. The van der Waals surface area contributed by atoms with Gasteiger partial charge in [-0.1, -0.05) is 6.07 Å². The van der Waals surface area contributed by atoms with Crippen LogP contribution < -0.4 is 0 Å². The predicted octanol–water partition coefficient (Wildman–Crippen LogP) is 1.85. The first kappa shape index (κ1) is 13.6. The van der Waals surface area contributed by atoms with Gasteiger partial charge in [0.25, 0.3) is 0 Å². The minimum absolute atomic E-state index is 0. The topological polar surface area (TPSA) is 30.0 Å². The van der Waals surface area contributed by atoms with Crippen LogP contribution in [0.4, 0.5) is 4.39 Å². The molecule has 0 N–H and O–H groups in total. The van der Waals surface area contributed by atoms with E-state index < -0.39 is 11.8 Å². The molecule has 1 aromatic heterocycles. The summed E-state index contributed by atoms with van der Waals surface area (Å²) >= 11 is 4.46. The van der Waals surface area contributed by atoms with Crippen molar-refractivity contribution in [2.45, 2.75) is 20.5 Å². The number of aromatic nitrogens is 1. The van der Waals surface area contributed by atoms with Gasteiger partial charge in [-0.25, -0.2) is 9.37 Å². The monoisotopic (exact) mass is 391 g/mol. The van der Waals surface area contributed by atoms with Crippen LogP contribution in [0.25, 0.3) is 0 Å². The third-order valence-corrected chi connectivity index (χ3v) is 2.02. The number of carbonyl (C=O) groups excluding carboxylic acids is 1. The largest absolute Gasteiger partial charge is 0.735 e. The van der Waals surface area contributed by atoms with Gasteiger partial charge < -0.3 is 17.4 Å². The fourth-order valence-electron chi connectivity index (χ4n) is 1.13. The molecule has 2 nitrogen and oxygen atoms in total. The van der Waals surface area contributed by atoms with Crippen molar-refractivity contribution in [2.75, 3.05) is 0 Å². The Labute approximate surface area is 101 Å². The summed E-state index contributed by atoms with van der Waals surface area (Å²) in [6.07, 6.45) is 0. The van der Waals surface area contributed by atoms with Crippen molar-refractivity contribution in [1.82, 2.24) is 4.98 Å². The van der Waals surface area contributed by atoms with Crippen molar-refractivity contribution < 1.29 is 29.3 Å². The van der Waals surface area contributed by atoms with Crippen LogP contribution in [-0.4, -0.2) is 10.1 Å². The molecule has 0 bridgehead atoms. The van der Waals surface area contributed by atoms with Gasteiger partial charge in [0, 0.05) is 20.1 Å². The van der Waals surface area contributed by atoms with Crippen molar-refractivity contribution in [3.8, 4) is 0 Å². The molecule has 14 heavy (non-hydrogen) atoms. The van der Waals surface area contributed by atoms with E-state index in [9.17, 15) is 9.18 Å². The van der Waals surface area contributed by atoms with E-state index in [2.05, 4.69) is 17.6 Å². The summed E-state index contributed by atoms with van der Waals surface area (Å²) in [6, 6.07) is 1.72. The van der Waals surface area contributed by atoms with E-state index in [-0.39, 0.29) is 25.8 Å². The Morgan fingerprint density at radius 1 is 1.50 bits per heavy atom. The van der Waals surface area contributed by atoms with Crippen LogP contribution >= 0.6 is 0 Å². The van der Waals surface area contributed by atoms with E-state index in [1.54, 1.807) is 19.9 Å². The molecule has 0 saturated heterocycles. The zero-order valence-electron chi connectivity index (χ0n) is 7.76. The van der Waals surface area contributed by atoms with Gasteiger partial charge in [0.1, 0.15) is 6.67 Å². The van der Waals surface area contributed by atoms with Crippen LogP contribution in [0, 0.1) is 13.8 Å². The quantitative estimate of drug-likeness (QED) is 0.722. The second kappa shape index (κ2) is 5.49. The van der Waals surface area contributed by atoms with Gasteiger partial charge >= 0.3 is 0 Å². The molecule has 5 heteroatoms. The van der Waals surface area contributed by atoms with Crippen LogP contribution in [0.2, 0.25) is 0 Å². The number of carbonyl (C=O) groups is 1. The number of aryl methyl sites for hydroxylation is 2. The minimum atomic E-state index is -0.665. The van der Waals surface area contributed by atoms with E-state index in [0.717, 1.165) is 5.56 Å². The number of hydrogen-bond acceptors (Lipinski definition) is 3. The van der Waals surface area contributed by atoms with Crippen molar-refractivity contribution in [2.24, 2.45) is 0 Å². The summed E-state index contributed by atoms with van der Waals surface area (Å²) in [4.78, 5) is 14.7. The molecule has 1 aromatic rings. The van der Waals surface area contributed by atoms with E-state index in [1.165, 1.54) is 0 Å². The molecule has 79 valence electrons. The number of rotatable bonds is 2. The average molecular weight is 390 g/mol. The molecule has 0 fully saturated rings. The molecular formula is C9H9FIrNOS-. The zero-order chi connectivity index (χ0) is 10.0. The van der Waals surface area contributed by atoms with Crippen molar-refractivity contribution in [3.05, 3.63) is 28.6 Å². The third kappa shape index (κ3) is 2.80. The van der Waals surface area contributed by atoms with Crippen LogP contribution in [-0.2, 0) is 39.4 Å². The first-order valence-corrected chi connectivity index (χ1v) is 4.21. The molecule has 0 aromatic carbocycles. The minimum Gasteiger partial charge on any atom is -0.735 e. The van der Waals surface area contributed by atoms with E-state index in [1.807, 2.05) is 0 Å². The molecule has 0 aliphatic rings. The van der Waals surface area contributed by atoms with Gasteiger partial charge in [0.15, 0.2) is 0 Å². The predicted molar refractivity (Wildman–Crippen MR) is 50.2 cm³/mol. The SMILES string of the molecule is Cc1cc(C)c(C(=O)[S-])nc1CF.[Ir]. The van der Waals surface area contributed by atoms with Crippen molar-refractivity contribution in [1.29, 1.82) is 0 Å². The third-order valence-electron chi connectivity index (χ3n) is 1.83. The number of nitrogens with zero attached hydrogens (tertiary/aromatic N) is 1. The Bertz CT molecular complexity index is 357. The normalized spacial score (nSPS) is 9.36. The fourth-order valence-corrected chi connectivity index (χ4v) is 1.34. The molecule has 0 saturated carbocycles. The van der Waals surface area contributed by atoms with Gasteiger partial charge in [-0.15, -0.1) is 0 Å². The summed E-state index contributed by atoms with van der Waals surface area (Å²) < 4.78 is 12.4. The van der Waals surface area contributed by atoms with Crippen molar-refractivity contribution >= 4 is 17.7 Å². The molecule has 0 atom stereocenters. The first-order chi connectivity index (χ1) is 6.06.